The van der Waals surface area contributed by atoms with E-state index in [4.69, 9.17) is 14.5 Å². The van der Waals surface area contributed by atoms with Gasteiger partial charge in [0.1, 0.15) is 0 Å². The molecule has 27 heavy (non-hydrogen) atoms. The summed E-state index contributed by atoms with van der Waals surface area (Å²) in [5, 5.41) is 0.950. The molecule has 6 heteroatoms. The van der Waals surface area contributed by atoms with Crippen LogP contribution in [0.1, 0.15) is 28.8 Å². The number of methoxy groups -OCH3 is 1. The van der Waals surface area contributed by atoms with Gasteiger partial charge < -0.3 is 14.0 Å². The van der Waals surface area contributed by atoms with Crippen molar-refractivity contribution in [1.29, 1.82) is 0 Å². The largest absolute Gasteiger partial charge is 0.465 e. The number of benzene rings is 2. The zero-order valence-corrected chi connectivity index (χ0v) is 16.1. The van der Waals surface area contributed by atoms with Crippen LogP contribution in [0.2, 0.25) is 0 Å². The fourth-order valence-corrected chi connectivity index (χ4v) is 4.33. The number of ether oxygens (including phenoxy) is 2. The average Bonchev–Trinajstić information content (AvgIpc) is 3.34. The topological polar surface area (TPSA) is 53.3 Å². The number of carbonyl (C=O) groups excluding carboxylic acids is 1. The van der Waals surface area contributed by atoms with Crippen LogP contribution in [0.5, 0.6) is 0 Å². The first-order valence-corrected chi connectivity index (χ1v) is 10.1. The number of imidazole rings is 1. The van der Waals surface area contributed by atoms with Crippen molar-refractivity contribution in [1.82, 2.24) is 9.55 Å². The number of carbonyl (C=O) groups is 1. The van der Waals surface area contributed by atoms with Gasteiger partial charge in [0, 0.05) is 12.4 Å². The molecule has 0 saturated carbocycles. The number of thioether (sulfide) groups is 1. The van der Waals surface area contributed by atoms with Crippen molar-refractivity contribution in [3.63, 3.8) is 0 Å². The quantitative estimate of drug-likeness (QED) is 0.470. The molecule has 1 aliphatic heterocycles. The van der Waals surface area contributed by atoms with Gasteiger partial charge in [0.2, 0.25) is 0 Å². The first-order valence-electron chi connectivity index (χ1n) is 9.11. The number of hydrogen-bond acceptors (Lipinski definition) is 5. The van der Waals surface area contributed by atoms with Gasteiger partial charge in [-0.3, -0.25) is 0 Å². The highest BCUT2D eigenvalue weighted by atomic mass is 32.2. The molecule has 5 nitrogen and oxygen atoms in total. The minimum absolute atomic E-state index is 0.195. The van der Waals surface area contributed by atoms with E-state index in [1.807, 2.05) is 30.3 Å². The molecule has 0 N–H and O–H groups in total. The minimum atomic E-state index is -0.333. The second kappa shape index (κ2) is 8.15. The van der Waals surface area contributed by atoms with Crippen molar-refractivity contribution < 1.29 is 14.3 Å². The Hall–Kier alpha value is -2.31. The smallest absolute Gasteiger partial charge is 0.337 e. The van der Waals surface area contributed by atoms with Crippen molar-refractivity contribution in [2.24, 2.45) is 0 Å². The molecule has 1 aliphatic rings. The summed E-state index contributed by atoms with van der Waals surface area (Å²) in [5.41, 5.74) is 3.63. The van der Waals surface area contributed by atoms with Crippen LogP contribution >= 0.6 is 11.8 Å². The Morgan fingerprint density at radius 1 is 1.30 bits per heavy atom. The summed E-state index contributed by atoms with van der Waals surface area (Å²) in [6, 6.07) is 15.9. The maximum absolute atomic E-state index is 11.9. The molecular weight excluding hydrogens is 360 g/mol. The minimum Gasteiger partial charge on any atom is -0.465 e. The molecule has 0 radical (unpaired) electrons. The second-order valence-electron chi connectivity index (χ2n) is 6.61. The fourth-order valence-electron chi connectivity index (χ4n) is 3.35. The molecule has 0 spiro atoms. The molecule has 0 amide bonds. The monoisotopic (exact) mass is 382 g/mol. The molecule has 140 valence electrons. The second-order valence-corrected chi connectivity index (χ2v) is 7.55. The molecule has 2 heterocycles. The maximum atomic E-state index is 11.9. The molecule has 4 rings (SSSR count). The van der Waals surface area contributed by atoms with Crippen LogP contribution in [-0.2, 0) is 21.8 Å². The average molecular weight is 382 g/mol. The number of hydrogen-bond donors (Lipinski definition) is 0. The molecule has 0 bridgehead atoms. The number of fused-ring (bicyclic) bond motifs is 1. The van der Waals surface area contributed by atoms with E-state index in [2.05, 4.69) is 16.7 Å². The van der Waals surface area contributed by atoms with E-state index in [-0.39, 0.29) is 12.1 Å². The Morgan fingerprint density at radius 2 is 2.15 bits per heavy atom. The Balaban J connectivity index is 1.68. The van der Waals surface area contributed by atoms with E-state index in [0.29, 0.717) is 5.56 Å². The number of rotatable bonds is 6. The third kappa shape index (κ3) is 4.01. The lowest BCUT2D eigenvalue weighted by Gasteiger charge is -2.14. The van der Waals surface area contributed by atoms with E-state index in [0.717, 1.165) is 47.9 Å². The Labute approximate surface area is 162 Å². The van der Waals surface area contributed by atoms with E-state index in [9.17, 15) is 4.79 Å². The molecular formula is C21H22N2O3S. The van der Waals surface area contributed by atoms with Gasteiger partial charge in [-0.05, 0) is 36.6 Å². The Bertz CT molecular complexity index is 933. The zero-order valence-electron chi connectivity index (χ0n) is 15.3. The summed E-state index contributed by atoms with van der Waals surface area (Å²) in [6.45, 7) is 1.56. The summed E-state index contributed by atoms with van der Waals surface area (Å²) in [7, 11) is 1.40. The predicted octanol–water partition coefficient (Wildman–Crippen LogP) is 4.29. The molecule has 0 aliphatic carbocycles. The summed E-state index contributed by atoms with van der Waals surface area (Å²) in [4.78, 5) is 16.8. The highest BCUT2D eigenvalue weighted by Crippen LogP contribution is 2.29. The van der Waals surface area contributed by atoms with Crippen LogP contribution in [0.4, 0.5) is 0 Å². The van der Waals surface area contributed by atoms with Crippen LogP contribution in [-0.4, -0.2) is 35.3 Å². The first-order chi connectivity index (χ1) is 13.2. The van der Waals surface area contributed by atoms with Gasteiger partial charge in [0.25, 0.3) is 0 Å². The van der Waals surface area contributed by atoms with E-state index in [1.165, 1.54) is 12.7 Å². The van der Waals surface area contributed by atoms with Gasteiger partial charge in [-0.2, -0.15) is 0 Å². The van der Waals surface area contributed by atoms with Gasteiger partial charge in [-0.15, -0.1) is 0 Å². The number of esters is 1. The summed E-state index contributed by atoms with van der Waals surface area (Å²) in [5.74, 6) is 0.514. The molecule has 1 aromatic heterocycles. The van der Waals surface area contributed by atoms with Crippen molar-refractivity contribution in [2.45, 2.75) is 36.4 Å². The summed E-state index contributed by atoms with van der Waals surface area (Å²) in [6.07, 6.45) is 2.34. The Kier molecular flexibility index (Phi) is 5.45. The molecule has 3 aromatic rings. The lowest BCUT2D eigenvalue weighted by atomic mass is 10.2. The van der Waals surface area contributed by atoms with Crippen LogP contribution < -0.4 is 0 Å². The standard InChI is InChI=1S/C21H22N2O3S/c1-25-20(24)16-9-10-18-19(12-16)23(13-17-8-5-11-26-17)21(22-18)27-14-15-6-3-2-4-7-15/h2-4,6-7,9-10,12,17H,5,8,11,13-14H2,1H3/t17-/m0/s1. The van der Waals surface area contributed by atoms with Gasteiger partial charge in [-0.25, -0.2) is 9.78 Å². The molecule has 0 unspecified atom stereocenters. The third-order valence-corrected chi connectivity index (χ3v) is 5.80. The van der Waals surface area contributed by atoms with E-state index < -0.39 is 0 Å². The van der Waals surface area contributed by atoms with Gasteiger partial charge >= 0.3 is 5.97 Å². The van der Waals surface area contributed by atoms with E-state index >= 15 is 0 Å². The maximum Gasteiger partial charge on any atom is 0.337 e. The molecule has 2 aromatic carbocycles. The predicted molar refractivity (Wildman–Crippen MR) is 106 cm³/mol. The highest BCUT2D eigenvalue weighted by molar-refractivity contribution is 7.98. The number of nitrogens with zero attached hydrogens (tertiary/aromatic N) is 2. The van der Waals surface area contributed by atoms with E-state index in [1.54, 1.807) is 17.8 Å². The SMILES string of the molecule is COC(=O)c1ccc2nc(SCc3ccccc3)n(C[C@@H]3CCCO3)c2c1. The van der Waals surface area contributed by atoms with Gasteiger partial charge in [0.05, 0.1) is 36.4 Å². The van der Waals surface area contributed by atoms with Crippen LogP contribution in [0.15, 0.2) is 53.7 Å². The van der Waals surface area contributed by atoms with Crippen LogP contribution in [0, 0.1) is 0 Å². The van der Waals surface area contributed by atoms with Crippen molar-refractivity contribution >= 4 is 28.8 Å². The Morgan fingerprint density at radius 3 is 2.89 bits per heavy atom. The molecule has 1 fully saturated rings. The van der Waals surface area contributed by atoms with Crippen molar-refractivity contribution in [3.8, 4) is 0 Å². The van der Waals surface area contributed by atoms with Crippen LogP contribution in [0.25, 0.3) is 11.0 Å². The van der Waals surface area contributed by atoms with Crippen molar-refractivity contribution in [2.75, 3.05) is 13.7 Å². The highest BCUT2D eigenvalue weighted by Gasteiger charge is 2.21. The number of aromatic nitrogens is 2. The lowest BCUT2D eigenvalue weighted by Crippen LogP contribution is -2.15. The molecule has 1 saturated heterocycles. The molecule has 1 atom stereocenters. The lowest BCUT2D eigenvalue weighted by molar-refractivity contribution is 0.0601. The van der Waals surface area contributed by atoms with Gasteiger partial charge in [-0.1, -0.05) is 42.1 Å². The van der Waals surface area contributed by atoms with Gasteiger partial charge in [0.15, 0.2) is 5.16 Å². The van der Waals surface area contributed by atoms with Crippen molar-refractivity contribution in [3.05, 3.63) is 59.7 Å². The first kappa shape index (κ1) is 18.1. The normalized spacial score (nSPS) is 16.7. The summed E-state index contributed by atoms with van der Waals surface area (Å²) >= 11 is 1.71. The zero-order chi connectivity index (χ0) is 18.6. The third-order valence-electron chi connectivity index (χ3n) is 4.76. The van der Waals surface area contributed by atoms with Crippen LogP contribution in [0.3, 0.4) is 0 Å². The summed E-state index contributed by atoms with van der Waals surface area (Å²) < 4.78 is 12.9. The fraction of sp³-hybridized carbons (Fsp3) is 0.333.